The van der Waals surface area contributed by atoms with E-state index >= 15 is 0 Å². The van der Waals surface area contributed by atoms with Crippen LogP contribution in [0.1, 0.15) is 18.1 Å². The first-order valence-electron chi connectivity index (χ1n) is 8.34. The highest BCUT2D eigenvalue weighted by Crippen LogP contribution is 2.36. The lowest BCUT2D eigenvalue weighted by Crippen LogP contribution is -2.12. The molecular formula is C19H18N4O2S. The molecule has 3 aromatic rings. The van der Waals surface area contributed by atoms with Crippen LogP contribution in [0.3, 0.4) is 0 Å². The number of methoxy groups -OCH3 is 1. The van der Waals surface area contributed by atoms with Gasteiger partial charge in [0.05, 0.1) is 24.9 Å². The van der Waals surface area contributed by atoms with Gasteiger partial charge in [-0.25, -0.2) is 9.97 Å². The molecule has 3 heterocycles. The maximum atomic E-state index is 12.0. The Hall–Kier alpha value is -2.93. The highest BCUT2D eigenvalue weighted by molar-refractivity contribution is 7.08. The van der Waals surface area contributed by atoms with Crippen LogP contribution in [0.2, 0.25) is 0 Å². The summed E-state index contributed by atoms with van der Waals surface area (Å²) in [6, 6.07) is 5.95. The number of thiophene rings is 1. The third-order valence-corrected chi connectivity index (χ3v) is 5.07. The lowest BCUT2D eigenvalue weighted by Gasteiger charge is -2.11. The van der Waals surface area contributed by atoms with E-state index in [2.05, 4.69) is 27.5 Å². The Bertz CT molecular complexity index is 983. The van der Waals surface area contributed by atoms with E-state index in [1.807, 2.05) is 29.0 Å². The molecule has 0 saturated carbocycles. The number of ether oxygens (including phenoxy) is 1. The standard InChI is InChI=1S/C19H18N4O2S/c1-3-11-4-5-13(7-16(11)25-2)21-19-20-8-12-6-17(24)22-15-10-26-9-14(15)18(12)23-19/h4-5,7-10H,3,6H2,1-2H3,(H,22,24)(H,20,21,23). The summed E-state index contributed by atoms with van der Waals surface area (Å²) in [5, 5.41) is 10.1. The SMILES string of the molecule is CCc1ccc(Nc2ncc3c(n2)-c2cscc2NC(=O)C3)cc1OC. The van der Waals surface area contributed by atoms with Gasteiger partial charge < -0.3 is 15.4 Å². The molecule has 1 aromatic carbocycles. The second-order valence-corrected chi connectivity index (χ2v) is 6.74. The zero-order chi connectivity index (χ0) is 18.1. The van der Waals surface area contributed by atoms with E-state index in [1.165, 1.54) is 11.3 Å². The van der Waals surface area contributed by atoms with Crippen LogP contribution in [-0.4, -0.2) is 23.0 Å². The van der Waals surface area contributed by atoms with Gasteiger partial charge in [0, 0.05) is 39.8 Å². The molecule has 7 heteroatoms. The molecule has 4 rings (SSSR count). The van der Waals surface area contributed by atoms with Crippen molar-refractivity contribution in [3.8, 4) is 17.0 Å². The average Bonchev–Trinajstić information content (AvgIpc) is 3.05. The van der Waals surface area contributed by atoms with Gasteiger partial charge in [-0.1, -0.05) is 13.0 Å². The van der Waals surface area contributed by atoms with E-state index < -0.39 is 0 Å². The molecule has 0 saturated heterocycles. The first-order chi connectivity index (χ1) is 12.7. The predicted molar refractivity (Wildman–Crippen MR) is 103 cm³/mol. The van der Waals surface area contributed by atoms with Crippen molar-refractivity contribution in [3.05, 3.63) is 46.3 Å². The van der Waals surface area contributed by atoms with E-state index in [0.717, 1.165) is 45.9 Å². The van der Waals surface area contributed by atoms with Crippen LogP contribution < -0.4 is 15.4 Å². The molecular weight excluding hydrogens is 348 g/mol. The Kier molecular flexibility index (Phi) is 4.30. The van der Waals surface area contributed by atoms with Crippen molar-refractivity contribution in [1.29, 1.82) is 0 Å². The minimum Gasteiger partial charge on any atom is -0.496 e. The lowest BCUT2D eigenvalue weighted by molar-refractivity contribution is -0.115. The molecule has 2 aromatic heterocycles. The summed E-state index contributed by atoms with van der Waals surface area (Å²) >= 11 is 1.54. The van der Waals surface area contributed by atoms with Crippen molar-refractivity contribution in [3.63, 3.8) is 0 Å². The number of carbonyl (C=O) groups is 1. The van der Waals surface area contributed by atoms with Crippen molar-refractivity contribution in [2.75, 3.05) is 17.7 Å². The molecule has 1 aliphatic rings. The fraction of sp³-hybridized carbons (Fsp3) is 0.211. The fourth-order valence-electron chi connectivity index (χ4n) is 3.02. The molecule has 132 valence electrons. The summed E-state index contributed by atoms with van der Waals surface area (Å²) in [6.07, 6.45) is 2.89. The molecule has 0 atom stereocenters. The van der Waals surface area contributed by atoms with Crippen LogP contribution in [0.25, 0.3) is 11.3 Å². The predicted octanol–water partition coefficient (Wildman–Crippen LogP) is 4.01. The molecule has 2 N–H and O–H groups in total. The zero-order valence-corrected chi connectivity index (χ0v) is 15.3. The van der Waals surface area contributed by atoms with E-state index in [-0.39, 0.29) is 12.3 Å². The Labute approximate surface area is 155 Å². The maximum absolute atomic E-state index is 12.0. The van der Waals surface area contributed by atoms with Crippen LogP contribution in [0.15, 0.2) is 35.2 Å². The maximum Gasteiger partial charge on any atom is 0.228 e. The number of carbonyl (C=O) groups excluding carboxylic acids is 1. The summed E-state index contributed by atoms with van der Waals surface area (Å²) < 4.78 is 5.44. The number of fused-ring (bicyclic) bond motifs is 3. The monoisotopic (exact) mass is 366 g/mol. The Morgan fingerprint density at radius 3 is 3.04 bits per heavy atom. The molecule has 26 heavy (non-hydrogen) atoms. The Morgan fingerprint density at radius 1 is 1.35 bits per heavy atom. The first-order valence-corrected chi connectivity index (χ1v) is 9.28. The Balaban J connectivity index is 1.70. The van der Waals surface area contributed by atoms with Crippen molar-refractivity contribution in [2.45, 2.75) is 19.8 Å². The van der Waals surface area contributed by atoms with Gasteiger partial charge in [-0.05, 0) is 18.1 Å². The van der Waals surface area contributed by atoms with E-state index in [4.69, 9.17) is 4.74 Å². The van der Waals surface area contributed by atoms with Gasteiger partial charge in [0.1, 0.15) is 5.75 Å². The summed E-state index contributed by atoms with van der Waals surface area (Å²) in [4.78, 5) is 21.1. The first kappa shape index (κ1) is 16.5. The second-order valence-electron chi connectivity index (χ2n) is 6.00. The number of nitrogens with zero attached hydrogens (tertiary/aromatic N) is 2. The van der Waals surface area contributed by atoms with Gasteiger partial charge in [-0.15, -0.1) is 11.3 Å². The molecule has 0 bridgehead atoms. The van der Waals surface area contributed by atoms with Gasteiger partial charge in [-0.3, -0.25) is 4.79 Å². The molecule has 0 radical (unpaired) electrons. The second kappa shape index (κ2) is 6.76. The summed E-state index contributed by atoms with van der Waals surface area (Å²) in [7, 11) is 1.67. The van der Waals surface area contributed by atoms with Gasteiger partial charge in [0.2, 0.25) is 11.9 Å². The number of benzene rings is 1. The number of nitrogens with one attached hydrogen (secondary N) is 2. The van der Waals surface area contributed by atoms with Gasteiger partial charge in [0.15, 0.2) is 0 Å². The minimum absolute atomic E-state index is 0.0485. The molecule has 0 aliphatic carbocycles. The van der Waals surface area contributed by atoms with E-state index in [9.17, 15) is 4.79 Å². The molecule has 0 fully saturated rings. The third-order valence-electron chi connectivity index (χ3n) is 4.33. The van der Waals surface area contributed by atoms with Gasteiger partial charge >= 0.3 is 0 Å². The van der Waals surface area contributed by atoms with Crippen molar-refractivity contribution >= 4 is 34.6 Å². The number of amides is 1. The fourth-order valence-corrected chi connectivity index (χ4v) is 3.78. The van der Waals surface area contributed by atoms with Crippen molar-refractivity contribution in [2.24, 2.45) is 0 Å². The van der Waals surface area contributed by atoms with Gasteiger partial charge in [-0.2, -0.15) is 0 Å². The van der Waals surface area contributed by atoms with E-state index in [1.54, 1.807) is 13.3 Å². The van der Waals surface area contributed by atoms with Crippen LogP contribution >= 0.6 is 11.3 Å². The summed E-state index contributed by atoms with van der Waals surface area (Å²) in [5.74, 6) is 1.27. The number of aromatic nitrogens is 2. The van der Waals surface area contributed by atoms with Crippen LogP contribution in [0.4, 0.5) is 17.3 Å². The normalized spacial score (nSPS) is 12.6. The van der Waals surface area contributed by atoms with Crippen molar-refractivity contribution < 1.29 is 9.53 Å². The quantitative estimate of drug-likeness (QED) is 0.729. The highest BCUT2D eigenvalue weighted by atomic mass is 32.1. The topological polar surface area (TPSA) is 76.1 Å². The molecule has 1 aliphatic heterocycles. The zero-order valence-electron chi connectivity index (χ0n) is 14.5. The summed E-state index contributed by atoms with van der Waals surface area (Å²) in [6.45, 7) is 2.09. The largest absolute Gasteiger partial charge is 0.496 e. The lowest BCUT2D eigenvalue weighted by atomic mass is 10.1. The van der Waals surface area contributed by atoms with Crippen molar-refractivity contribution in [1.82, 2.24) is 9.97 Å². The van der Waals surface area contributed by atoms with Crippen LogP contribution in [-0.2, 0) is 17.6 Å². The minimum atomic E-state index is -0.0485. The van der Waals surface area contributed by atoms with Crippen LogP contribution in [0, 0.1) is 0 Å². The molecule has 0 unspecified atom stereocenters. The van der Waals surface area contributed by atoms with Crippen LogP contribution in [0.5, 0.6) is 5.75 Å². The summed E-state index contributed by atoms with van der Waals surface area (Å²) in [5.41, 5.74) is 5.34. The molecule has 0 spiro atoms. The van der Waals surface area contributed by atoms with E-state index in [0.29, 0.717) is 5.95 Å². The Morgan fingerprint density at radius 2 is 2.23 bits per heavy atom. The highest BCUT2D eigenvalue weighted by Gasteiger charge is 2.21. The van der Waals surface area contributed by atoms with Gasteiger partial charge in [0.25, 0.3) is 0 Å². The average molecular weight is 366 g/mol. The number of anilines is 3. The number of aryl methyl sites for hydroxylation is 1. The number of hydrogen-bond donors (Lipinski definition) is 2. The molecule has 6 nitrogen and oxygen atoms in total. The number of hydrogen-bond acceptors (Lipinski definition) is 6. The smallest absolute Gasteiger partial charge is 0.228 e. The molecule has 1 amide bonds. The number of rotatable bonds is 4. The third kappa shape index (κ3) is 3.01.